The van der Waals surface area contributed by atoms with Gasteiger partial charge in [0.25, 0.3) is 10.0 Å². The fourth-order valence-corrected chi connectivity index (χ4v) is 1.88. The van der Waals surface area contributed by atoms with Crippen molar-refractivity contribution < 1.29 is 13.2 Å². The lowest BCUT2D eigenvalue weighted by Crippen LogP contribution is -2.17. The molecule has 2 rings (SSSR count). The first-order chi connectivity index (χ1) is 7.50. The molecular formula is C9H13N3O3S. The Morgan fingerprint density at radius 1 is 1.44 bits per heavy atom. The Kier molecular flexibility index (Phi) is 2.83. The van der Waals surface area contributed by atoms with Crippen molar-refractivity contribution in [3.05, 3.63) is 17.8 Å². The molecule has 0 radical (unpaired) electrons. The van der Waals surface area contributed by atoms with Crippen LogP contribution in [0.4, 0.5) is 0 Å². The molecule has 1 aliphatic rings. The summed E-state index contributed by atoms with van der Waals surface area (Å²) in [5.41, 5.74) is 5.85. The highest BCUT2D eigenvalue weighted by Gasteiger charge is 2.27. The molecule has 0 saturated heterocycles. The summed E-state index contributed by atoms with van der Waals surface area (Å²) in [4.78, 5) is 3.88. The first-order valence-corrected chi connectivity index (χ1v) is 6.45. The number of nitrogens with two attached hydrogens (primary N) is 2. The first kappa shape index (κ1) is 11.3. The maximum atomic E-state index is 11.3. The second-order valence-corrected chi connectivity index (χ2v) is 5.15. The van der Waals surface area contributed by atoms with Crippen molar-refractivity contribution in [1.29, 1.82) is 0 Å². The van der Waals surface area contributed by atoms with Crippen LogP contribution in [-0.4, -0.2) is 19.5 Å². The van der Waals surface area contributed by atoms with Gasteiger partial charge in [0.2, 0.25) is 5.03 Å². The molecule has 7 heteroatoms. The third kappa shape index (κ3) is 2.49. The Balaban J connectivity index is 2.42. The van der Waals surface area contributed by atoms with Crippen LogP contribution < -0.4 is 15.6 Å². The van der Waals surface area contributed by atoms with E-state index >= 15 is 0 Å². The highest BCUT2D eigenvalue weighted by Crippen LogP contribution is 2.30. The van der Waals surface area contributed by atoms with E-state index in [1.807, 2.05) is 0 Å². The van der Waals surface area contributed by atoms with E-state index in [0.29, 0.717) is 5.69 Å². The lowest BCUT2D eigenvalue weighted by Gasteiger charge is -2.09. The third-order valence-corrected chi connectivity index (χ3v) is 3.01. The summed E-state index contributed by atoms with van der Waals surface area (Å²) in [5.74, 6) is 0.210. The van der Waals surface area contributed by atoms with E-state index in [-0.39, 0.29) is 23.4 Å². The molecule has 0 bridgehead atoms. The number of sulfonamides is 1. The average Bonchev–Trinajstić information content (AvgIpc) is 3.01. The highest BCUT2D eigenvalue weighted by molar-refractivity contribution is 7.89. The average molecular weight is 243 g/mol. The Morgan fingerprint density at radius 2 is 2.12 bits per heavy atom. The summed E-state index contributed by atoms with van der Waals surface area (Å²) in [6.45, 7) is 0.159. The summed E-state index contributed by atoms with van der Waals surface area (Å²) >= 11 is 0. The molecule has 1 heterocycles. The first-order valence-electron chi connectivity index (χ1n) is 4.90. The molecule has 6 nitrogen and oxygen atoms in total. The van der Waals surface area contributed by atoms with E-state index < -0.39 is 10.0 Å². The molecule has 1 saturated carbocycles. The molecule has 1 fully saturated rings. The lowest BCUT2D eigenvalue weighted by molar-refractivity contribution is 0.292. The van der Waals surface area contributed by atoms with Gasteiger partial charge in [-0.15, -0.1) is 0 Å². The summed E-state index contributed by atoms with van der Waals surface area (Å²) in [6, 6.07) is 3.18. The van der Waals surface area contributed by atoms with Crippen LogP contribution in [0.3, 0.4) is 0 Å². The minimum atomic E-state index is -3.88. The number of primary sulfonamides is 1. The van der Waals surface area contributed by atoms with E-state index in [0.717, 1.165) is 12.8 Å². The van der Waals surface area contributed by atoms with Gasteiger partial charge in [0.1, 0.15) is 0 Å². The Bertz CT molecular complexity index is 497. The van der Waals surface area contributed by atoms with Crippen LogP contribution in [0.5, 0.6) is 5.75 Å². The number of rotatable bonds is 4. The van der Waals surface area contributed by atoms with Gasteiger partial charge in [-0.3, -0.25) is 0 Å². The van der Waals surface area contributed by atoms with Gasteiger partial charge in [-0.05, 0) is 25.0 Å². The lowest BCUT2D eigenvalue weighted by atomic mass is 10.3. The van der Waals surface area contributed by atoms with Crippen molar-refractivity contribution in [2.45, 2.75) is 30.5 Å². The van der Waals surface area contributed by atoms with Crippen molar-refractivity contribution in [2.75, 3.05) is 0 Å². The highest BCUT2D eigenvalue weighted by atomic mass is 32.2. The monoisotopic (exact) mass is 243 g/mol. The van der Waals surface area contributed by atoms with E-state index in [9.17, 15) is 8.42 Å². The Morgan fingerprint density at radius 3 is 2.62 bits per heavy atom. The molecule has 88 valence electrons. The molecule has 0 atom stereocenters. The SMILES string of the molecule is NCc1ccc(OC2CC2)c(S(N)(=O)=O)n1. The van der Waals surface area contributed by atoms with Gasteiger partial charge in [0, 0.05) is 6.54 Å². The molecule has 1 aromatic rings. The van der Waals surface area contributed by atoms with Crippen LogP contribution in [0.15, 0.2) is 17.2 Å². The van der Waals surface area contributed by atoms with Gasteiger partial charge < -0.3 is 10.5 Å². The van der Waals surface area contributed by atoms with Gasteiger partial charge in [-0.2, -0.15) is 0 Å². The summed E-state index contributed by atoms with van der Waals surface area (Å²) in [6.07, 6.45) is 1.96. The van der Waals surface area contributed by atoms with Gasteiger partial charge in [-0.1, -0.05) is 0 Å². The minimum absolute atomic E-state index is 0.0889. The summed E-state index contributed by atoms with van der Waals surface area (Å²) in [5, 5.41) is 4.83. The zero-order valence-corrected chi connectivity index (χ0v) is 9.40. The molecule has 0 spiro atoms. The Hall–Kier alpha value is -1.18. The largest absolute Gasteiger partial charge is 0.487 e. The standard InChI is InChI=1S/C9H13N3O3S/c10-5-6-1-4-8(15-7-2-3-7)9(12-6)16(11,13)14/h1,4,7H,2-3,5,10H2,(H2,11,13,14). The number of aromatic nitrogens is 1. The van der Waals surface area contributed by atoms with Crippen molar-refractivity contribution in [1.82, 2.24) is 4.98 Å². The maximum Gasteiger partial charge on any atom is 0.259 e. The maximum absolute atomic E-state index is 11.3. The van der Waals surface area contributed by atoms with Crippen LogP contribution in [-0.2, 0) is 16.6 Å². The zero-order valence-electron chi connectivity index (χ0n) is 8.59. The topological polar surface area (TPSA) is 108 Å². The molecule has 4 N–H and O–H groups in total. The van der Waals surface area contributed by atoms with Crippen LogP contribution in [0.1, 0.15) is 18.5 Å². The van der Waals surface area contributed by atoms with Crippen LogP contribution >= 0.6 is 0 Å². The van der Waals surface area contributed by atoms with Gasteiger partial charge >= 0.3 is 0 Å². The zero-order chi connectivity index (χ0) is 11.8. The van der Waals surface area contributed by atoms with Crippen molar-refractivity contribution in [2.24, 2.45) is 10.9 Å². The molecule has 0 amide bonds. The third-order valence-electron chi connectivity index (χ3n) is 2.18. The summed E-state index contributed by atoms with van der Waals surface area (Å²) in [7, 11) is -3.88. The van der Waals surface area contributed by atoms with Crippen molar-refractivity contribution in [3.63, 3.8) is 0 Å². The molecule has 0 aromatic carbocycles. The predicted octanol–water partition coefficient (Wildman–Crippen LogP) is -0.271. The molecule has 16 heavy (non-hydrogen) atoms. The molecular weight excluding hydrogens is 230 g/mol. The van der Waals surface area contributed by atoms with E-state index in [4.69, 9.17) is 15.6 Å². The quantitative estimate of drug-likeness (QED) is 0.756. The van der Waals surface area contributed by atoms with Gasteiger partial charge in [0.15, 0.2) is 5.75 Å². The smallest absolute Gasteiger partial charge is 0.259 e. The summed E-state index contributed by atoms with van der Waals surface area (Å²) < 4.78 is 28.1. The molecule has 0 aliphatic heterocycles. The minimum Gasteiger partial charge on any atom is -0.487 e. The van der Waals surface area contributed by atoms with Crippen LogP contribution in [0.2, 0.25) is 0 Å². The molecule has 1 aromatic heterocycles. The number of pyridine rings is 1. The van der Waals surface area contributed by atoms with Gasteiger partial charge in [-0.25, -0.2) is 18.5 Å². The van der Waals surface area contributed by atoms with Crippen LogP contribution in [0.25, 0.3) is 0 Å². The molecule has 0 unspecified atom stereocenters. The van der Waals surface area contributed by atoms with E-state index in [2.05, 4.69) is 4.98 Å². The normalized spacial score (nSPS) is 16.1. The van der Waals surface area contributed by atoms with Crippen LogP contribution in [0, 0.1) is 0 Å². The number of ether oxygens (including phenoxy) is 1. The predicted molar refractivity (Wildman–Crippen MR) is 57.2 cm³/mol. The number of nitrogens with zero attached hydrogens (tertiary/aromatic N) is 1. The molecule has 1 aliphatic carbocycles. The second-order valence-electron chi connectivity index (χ2n) is 3.67. The van der Waals surface area contributed by atoms with Crippen molar-refractivity contribution in [3.8, 4) is 5.75 Å². The van der Waals surface area contributed by atoms with Gasteiger partial charge in [0.05, 0.1) is 11.8 Å². The fourth-order valence-electron chi connectivity index (χ4n) is 1.24. The number of hydrogen-bond donors (Lipinski definition) is 2. The number of hydrogen-bond acceptors (Lipinski definition) is 5. The second kappa shape index (κ2) is 4.00. The van der Waals surface area contributed by atoms with E-state index in [1.54, 1.807) is 12.1 Å². The van der Waals surface area contributed by atoms with Crippen molar-refractivity contribution >= 4 is 10.0 Å². The van der Waals surface area contributed by atoms with E-state index in [1.165, 1.54) is 0 Å². The fraction of sp³-hybridized carbons (Fsp3) is 0.444. The Labute approximate surface area is 93.7 Å².